The van der Waals surface area contributed by atoms with Crippen molar-refractivity contribution in [2.45, 2.75) is 26.5 Å². The molecule has 0 saturated heterocycles. The number of aliphatic imine (C=N–C) groups is 1. The summed E-state index contributed by atoms with van der Waals surface area (Å²) < 4.78 is 5.66. The number of guanidine groups is 1. The molecule has 23 heavy (non-hydrogen) atoms. The zero-order valence-electron chi connectivity index (χ0n) is 13.8. The van der Waals surface area contributed by atoms with Crippen molar-refractivity contribution >= 4 is 17.3 Å². The molecule has 0 saturated carbocycles. The molecule has 2 N–H and O–H groups in total. The fourth-order valence-electron chi connectivity index (χ4n) is 2.12. The van der Waals surface area contributed by atoms with E-state index in [2.05, 4.69) is 59.1 Å². The van der Waals surface area contributed by atoms with Crippen LogP contribution in [0.5, 0.6) is 0 Å². The second-order valence-corrected chi connectivity index (χ2v) is 6.16. The van der Waals surface area contributed by atoms with Gasteiger partial charge >= 0.3 is 0 Å². The highest BCUT2D eigenvalue weighted by Gasteiger charge is 2.08. The Bertz CT molecular complexity index is 569. The van der Waals surface area contributed by atoms with Gasteiger partial charge in [0.05, 0.1) is 25.8 Å². The maximum absolute atomic E-state index is 5.66. The molecule has 2 rings (SSSR count). The first-order chi connectivity index (χ1) is 11.3. The highest BCUT2D eigenvalue weighted by Crippen LogP contribution is 2.17. The van der Waals surface area contributed by atoms with E-state index < -0.39 is 0 Å². The van der Waals surface area contributed by atoms with E-state index in [4.69, 9.17) is 4.74 Å². The zero-order valence-corrected chi connectivity index (χ0v) is 14.6. The third kappa shape index (κ3) is 6.42. The van der Waals surface area contributed by atoms with Crippen molar-refractivity contribution in [1.82, 2.24) is 10.6 Å². The Labute approximate surface area is 142 Å². The van der Waals surface area contributed by atoms with Gasteiger partial charge in [0, 0.05) is 11.4 Å². The molecule has 2 aromatic rings. The molecule has 1 atom stereocenters. The summed E-state index contributed by atoms with van der Waals surface area (Å²) in [5, 5.41) is 8.79. The molecule has 0 amide bonds. The summed E-state index contributed by atoms with van der Waals surface area (Å²) in [5.74, 6) is 0.830. The summed E-state index contributed by atoms with van der Waals surface area (Å²) >= 11 is 1.75. The molecule has 1 heterocycles. The molecule has 0 aliphatic carbocycles. The Morgan fingerprint density at radius 3 is 2.74 bits per heavy atom. The maximum Gasteiger partial charge on any atom is 0.191 e. The zero-order chi connectivity index (χ0) is 16.3. The molecule has 0 aliphatic rings. The van der Waals surface area contributed by atoms with Crippen LogP contribution in [0.25, 0.3) is 0 Å². The van der Waals surface area contributed by atoms with Crippen LogP contribution in [0.1, 0.15) is 30.3 Å². The second-order valence-electron chi connectivity index (χ2n) is 5.18. The SMILES string of the molecule is CCNC(=NCCOCc1ccccc1)NC(C)c1cccs1. The van der Waals surface area contributed by atoms with Crippen molar-refractivity contribution in [2.75, 3.05) is 19.7 Å². The summed E-state index contributed by atoms with van der Waals surface area (Å²) in [7, 11) is 0. The molecule has 4 nitrogen and oxygen atoms in total. The van der Waals surface area contributed by atoms with Crippen LogP contribution < -0.4 is 10.6 Å². The van der Waals surface area contributed by atoms with E-state index >= 15 is 0 Å². The van der Waals surface area contributed by atoms with Crippen LogP contribution in [0, 0.1) is 0 Å². The van der Waals surface area contributed by atoms with Gasteiger partial charge in [0.25, 0.3) is 0 Å². The number of ether oxygens (including phenoxy) is 1. The van der Waals surface area contributed by atoms with Crippen molar-refractivity contribution in [3.63, 3.8) is 0 Å². The van der Waals surface area contributed by atoms with Crippen LogP contribution in [0.3, 0.4) is 0 Å². The fraction of sp³-hybridized carbons (Fsp3) is 0.389. The van der Waals surface area contributed by atoms with Gasteiger partial charge in [-0.3, -0.25) is 4.99 Å². The van der Waals surface area contributed by atoms with Crippen LogP contribution in [-0.4, -0.2) is 25.7 Å². The lowest BCUT2D eigenvalue weighted by atomic mass is 10.2. The van der Waals surface area contributed by atoms with Crippen LogP contribution >= 0.6 is 11.3 Å². The number of rotatable bonds is 8. The third-order valence-electron chi connectivity index (χ3n) is 3.28. The molecule has 5 heteroatoms. The number of hydrogen-bond donors (Lipinski definition) is 2. The van der Waals surface area contributed by atoms with Gasteiger partial charge in [0.2, 0.25) is 0 Å². The smallest absolute Gasteiger partial charge is 0.191 e. The monoisotopic (exact) mass is 331 g/mol. The van der Waals surface area contributed by atoms with Crippen LogP contribution in [0.15, 0.2) is 52.8 Å². The predicted molar refractivity (Wildman–Crippen MR) is 97.9 cm³/mol. The van der Waals surface area contributed by atoms with Crippen LogP contribution in [0.4, 0.5) is 0 Å². The molecular formula is C18H25N3OS. The van der Waals surface area contributed by atoms with Crippen LogP contribution in [0.2, 0.25) is 0 Å². The van der Waals surface area contributed by atoms with Gasteiger partial charge in [-0.05, 0) is 30.9 Å². The van der Waals surface area contributed by atoms with E-state index in [-0.39, 0.29) is 6.04 Å². The molecular weight excluding hydrogens is 306 g/mol. The molecule has 1 aromatic carbocycles. The molecule has 124 valence electrons. The Morgan fingerprint density at radius 1 is 1.22 bits per heavy atom. The third-order valence-corrected chi connectivity index (χ3v) is 4.34. The average molecular weight is 331 g/mol. The van der Waals surface area contributed by atoms with E-state index in [0.717, 1.165) is 12.5 Å². The van der Waals surface area contributed by atoms with E-state index in [1.165, 1.54) is 10.4 Å². The van der Waals surface area contributed by atoms with E-state index in [1.807, 2.05) is 18.2 Å². The van der Waals surface area contributed by atoms with Gasteiger partial charge in [0.15, 0.2) is 5.96 Å². The summed E-state index contributed by atoms with van der Waals surface area (Å²) in [5.41, 5.74) is 1.19. The normalized spacial score (nSPS) is 12.9. The van der Waals surface area contributed by atoms with Crippen LogP contribution in [-0.2, 0) is 11.3 Å². The largest absolute Gasteiger partial charge is 0.375 e. The van der Waals surface area contributed by atoms with Crippen molar-refractivity contribution in [2.24, 2.45) is 4.99 Å². The van der Waals surface area contributed by atoms with Crippen molar-refractivity contribution in [1.29, 1.82) is 0 Å². The van der Waals surface area contributed by atoms with Crippen molar-refractivity contribution in [3.8, 4) is 0 Å². The van der Waals surface area contributed by atoms with Crippen molar-refractivity contribution < 1.29 is 4.74 Å². The van der Waals surface area contributed by atoms with Gasteiger partial charge in [-0.25, -0.2) is 0 Å². The average Bonchev–Trinajstić information content (AvgIpc) is 3.10. The first-order valence-electron chi connectivity index (χ1n) is 7.99. The molecule has 1 unspecified atom stereocenters. The van der Waals surface area contributed by atoms with Crippen molar-refractivity contribution in [3.05, 3.63) is 58.3 Å². The maximum atomic E-state index is 5.66. The lowest BCUT2D eigenvalue weighted by Crippen LogP contribution is -2.38. The number of benzene rings is 1. The molecule has 1 aromatic heterocycles. The first kappa shape index (κ1) is 17.5. The summed E-state index contributed by atoms with van der Waals surface area (Å²) in [6, 6.07) is 14.6. The van der Waals surface area contributed by atoms with Gasteiger partial charge in [-0.2, -0.15) is 0 Å². The lowest BCUT2D eigenvalue weighted by molar-refractivity contribution is 0.128. The summed E-state index contributed by atoms with van der Waals surface area (Å²) in [6.07, 6.45) is 0. The minimum Gasteiger partial charge on any atom is -0.375 e. The van der Waals surface area contributed by atoms with Gasteiger partial charge < -0.3 is 15.4 Å². The van der Waals surface area contributed by atoms with E-state index in [9.17, 15) is 0 Å². The number of hydrogen-bond acceptors (Lipinski definition) is 3. The predicted octanol–water partition coefficient (Wildman–Crippen LogP) is 3.58. The molecule has 0 spiro atoms. The molecule has 0 radical (unpaired) electrons. The molecule has 0 bridgehead atoms. The standard InChI is InChI=1S/C18H25N3OS/c1-3-19-18(21-15(2)17-10-7-13-23-17)20-11-12-22-14-16-8-5-4-6-9-16/h4-10,13,15H,3,11-12,14H2,1-2H3,(H2,19,20,21). The number of thiophene rings is 1. The number of nitrogens with zero attached hydrogens (tertiary/aromatic N) is 1. The topological polar surface area (TPSA) is 45.7 Å². The lowest BCUT2D eigenvalue weighted by Gasteiger charge is -2.16. The first-order valence-corrected chi connectivity index (χ1v) is 8.87. The summed E-state index contributed by atoms with van der Waals surface area (Å²) in [6.45, 7) is 6.93. The Hall–Kier alpha value is -1.85. The Balaban J connectivity index is 1.75. The van der Waals surface area contributed by atoms with Gasteiger partial charge in [0.1, 0.15) is 0 Å². The van der Waals surface area contributed by atoms with Gasteiger partial charge in [-0.15, -0.1) is 11.3 Å². The Kier molecular flexibility index (Phi) is 7.63. The molecule has 0 fully saturated rings. The summed E-state index contributed by atoms with van der Waals surface area (Å²) in [4.78, 5) is 5.87. The highest BCUT2D eigenvalue weighted by atomic mass is 32.1. The Morgan fingerprint density at radius 2 is 2.04 bits per heavy atom. The number of nitrogens with one attached hydrogen (secondary N) is 2. The second kappa shape index (κ2) is 10.0. The minimum absolute atomic E-state index is 0.248. The quantitative estimate of drug-likeness (QED) is 0.441. The minimum atomic E-state index is 0.248. The van der Waals surface area contributed by atoms with Gasteiger partial charge in [-0.1, -0.05) is 36.4 Å². The highest BCUT2D eigenvalue weighted by molar-refractivity contribution is 7.10. The fourth-order valence-corrected chi connectivity index (χ4v) is 2.85. The van der Waals surface area contributed by atoms with E-state index in [0.29, 0.717) is 19.8 Å². The molecule has 0 aliphatic heterocycles. The van der Waals surface area contributed by atoms with E-state index in [1.54, 1.807) is 11.3 Å².